The summed E-state index contributed by atoms with van der Waals surface area (Å²) in [7, 11) is -4.23. The highest BCUT2D eigenvalue weighted by atomic mass is 35.5. The molecule has 0 unspecified atom stereocenters. The fraction of sp³-hybridized carbons (Fsp3) is 0.591. The molecule has 0 aromatic heterocycles. The average molecular weight is 566 g/mol. The van der Waals surface area contributed by atoms with Gasteiger partial charge in [0.15, 0.2) is 22.7 Å². The Hall–Kier alpha value is -2.76. The van der Waals surface area contributed by atoms with Crippen molar-refractivity contribution in [3.8, 4) is 11.8 Å². The number of hydrogen-bond donors (Lipinski definition) is 1. The Kier molecular flexibility index (Phi) is 7.02. The van der Waals surface area contributed by atoms with Crippen LogP contribution >= 0.6 is 11.6 Å². The van der Waals surface area contributed by atoms with Gasteiger partial charge in [0.1, 0.15) is 11.3 Å². The van der Waals surface area contributed by atoms with Gasteiger partial charge in [0.05, 0.1) is 39.9 Å². The number of sulfone groups is 1. The van der Waals surface area contributed by atoms with E-state index >= 15 is 0 Å². The zero-order valence-corrected chi connectivity index (χ0v) is 21.1. The quantitative estimate of drug-likeness (QED) is 0.533. The summed E-state index contributed by atoms with van der Waals surface area (Å²) in [5, 5.41) is 10.0. The van der Waals surface area contributed by atoms with Crippen LogP contribution in [0.5, 0.6) is 5.75 Å². The first-order valence-electron chi connectivity index (χ1n) is 11.2. The second kappa shape index (κ2) is 9.52. The van der Waals surface area contributed by atoms with Gasteiger partial charge in [-0.1, -0.05) is 11.6 Å². The van der Waals surface area contributed by atoms with Crippen molar-refractivity contribution in [3.63, 3.8) is 0 Å². The van der Waals surface area contributed by atoms with Gasteiger partial charge in [-0.2, -0.15) is 18.4 Å². The summed E-state index contributed by atoms with van der Waals surface area (Å²) in [5.74, 6) is -0.732. The topological polar surface area (TPSA) is 135 Å². The molecular formula is C22H23ClF3N3O7S. The molecule has 2 aliphatic heterocycles. The van der Waals surface area contributed by atoms with E-state index in [0.29, 0.717) is 12.8 Å². The van der Waals surface area contributed by atoms with Crippen molar-refractivity contribution in [2.45, 2.75) is 54.3 Å². The number of likely N-dealkylation sites (tertiary alicyclic amines) is 1. The largest absolute Gasteiger partial charge is 0.484 e. The van der Waals surface area contributed by atoms with Crippen LogP contribution in [0.1, 0.15) is 26.2 Å². The minimum atomic E-state index is -4.59. The minimum Gasteiger partial charge on any atom is -0.484 e. The van der Waals surface area contributed by atoms with Crippen molar-refractivity contribution in [1.82, 2.24) is 10.2 Å². The molecule has 2 saturated heterocycles. The van der Waals surface area contributed by atoms with E-state index in [1.54, 1.807) is 6.92 Å². The molecule has 3 aliphatic rings. The number of halogens is 4. The third kappa shape index (κ3) is 5.73. The summed E-state index contributed by atoms with van der Waals surface area (Å²) >= 11 is 6.10. The molecule has 1 saturated carbocycles. The van der Waals surface area contributed by atoms with Crippen molar-refractivity contribution in [2.24, 2.45) is 5.41 Å². The first kappa shape index (κ1) is 27.3. The van der Waals surface area contributed by atoms with Crippen LogP contribution in [-0.2, 0) is 24.1 Å². The van der Waals surface area contributed by atoms with E-state index in [1.807, 2.05) is 6.07 Å². The van der Waals surface area contributed by atoms with Crippen molar-refractivity contribution < 1.29 is 45.4 Å². The van der Waals surface area contributed by atoms with Gasteiger partial charge >= 0.3 is 12.3 Å². The van der Waals surface area contributed by atoms with Gasteiger partial charge in [0, 0.05) is 19.0 Å². The lowest BCUT2D eigenvalue weighted by atomic mass is 9.87. The molecule has 1 aromatic carbocycles. The molecule has 2 atom stereocenters. The highest BCUT2D eigenvalue weighted by molar-refractivity contribution is 7.92. The van der Waals surface area contributed by atoms with Gasteiger partial charge in [-0.15, -0.1) is 0 Å². The van der Waals surface area contributed by atoms with Crippen LogP contribution in [0, 0.1) is 16.7 Å². The molecule has 1 aromatic rings. The fourth-order valence-corrected chi connectivity index (χ4v) is 6.29. The fourth-order valence-electron chi connectivity index (χ4n) is 4.08. The Morgan fingerprint density at radius 2 is 2.00 bits per heavy atom. The van der Waals surface area contributed by atoms with Crippen LogP contribution in [-0.4, -0.2) is 74.9 Å². The molecule has 1 N–H and O–H groups in total. The molecule has 2 amide bonds. The maximum atomic E-state index is 13.4. The summed E-state index contributed by atoms with van der Waals surface area (Å²) in [4.78, 5) is 26.5. The Morgan fingerprint density at radius 3 is 2.51 bits per heavy atom. The first-order valence-corrected chi connectivity index (χ1v) is 13.1. The molecule has 0 spiro atoms. The van der Waals surface area contributed by atoms with E-state index < -0.39 is 57.1 Å². The van der Waals surface area contributed by atoms with E-state index in [-0.39, 0.29) is 41.8 Å². The number of carbonyl (C=O) groups is 2. The number of nitriles is 1. The lowest BCUT2D eigenvalue weighted by molar-refractivity contribution is -0.174. The van der Waals surface area contributed by atoms with E-state index in [1.165, 1.54) is 0 Å². The summed E-state index contributed by atoms with van der Waals surface area (Å²) in [6, 6.07) is 5.01. The summed E-state index contributed by atoms with van der Waals surface area (Å²) < 4.78 is 79.3. The molecule has 0 radical (unpaired) electrons. The number of ether oxygens (including phenoxy) is 3. The Morgan fingerprint density at radius 1 is 1.32 bits per heavy atom. The second-order valence-electron chi connectivity index (χ2n) is 9.59. The third-order valence-corrected chi connectivity index (χ3v) is 9.04. The highest BCUT2D eigenvalue weighted by Gasteiger charge is 2.52. The first-order chi connectivity index (χ1) is 17.2. The second-order valence-corrected chi connectivity index (χ2v) is 12.2. The molecule has 202 valence electrons. The number of alkyl halides is 3. The molecule has 37 heavy (non-hydrogen) atoms. The summed E-state index contributed by atoms with van der Waals surface area (Å²) in [6.07, 6.45) is -6.18. The lowest BCUT2D eigenvalue weighted by Crippen LogP contribution is -2.55. The highest BCUT2D eigenvalue weighted by Crippen LogP contribution is 2.38. The van der Waals surface area contributed by atoms with E-state index in [0.717, 1.165) is 23.1 Å². The average Bonchev–Trinajstić information content (AvgIpc) is 3.43. The van der Waals surface area contributed by atoms with Crippen LogP contribution in [0.2, 0.25) is 5.02 Å². The van der Waals surface area contributed by atoms with Gasteiger partial charge in [0.25, 0.3) is 0 Å². The van der Waals surface area contributed by atoms with Crippen LogP contribution in [0.3, 0.4) is 0 Å². The van der Waals surface area contributed by atoms with Gasteiger partial charge in [-0.05, 0) is 31.9 Å². The van der Waals surface area contributed by atoms with Crippen LogP contribution in [0.4, 0.5) is 18.0 Å². The van der Waals surface area contributed by atoms with Gasteiger partial charge < -0.3 is 24.4 Å². The molecule has 3 fully saturated rings. The Bertz CT molecular complexity index is 1240. The zero-order valence-electron chi connectivity index (χ0n) is 19.5. The van der Waals surface area contributed by atoms with Crippen LogP contribution in [0.25, 0.3) is 0 Å². The van der Waals surface area contributed by atoms with Gasteiger partial charge in [-0.3, -0.25) is 4.79 Å². The number of nitrogens with zero attached hydrogens (tertiary/aromatic N) is 2. The van der Waals surface area contributed by atoms with Crippen molar-refractivity contribution in [2.75, 3.05) is 26.4 Å². The Balaban J connectivity index is 1.54. The number of alkyl carbamates (subject to hydrolysis) is 1. The molecule has 15 heteroatoms. The third-order valence-electron chi connectivity index (χ3n) is 6.43. The maximum Gasteiger partial charge on any atom is 0.422 e. The maximum absolute atomic E-state index is 13.4. The number of rotatable bonds is 7. The number of amides is 2. The van der Waals surface area contributed by atoms with E-state index in [9.17, 15) is 36.4 Å². The van der Waals surface area contributed by atoms with Crippen LogP contribution in [0.15, 0.2) is 23.1 Å². The van der Waals surface area contributed by atoms with Crippen molar-refractivity contribution in [3.05, 3.63) is 23.2 Å². The molecule has 4 rings (SSSR count). The summed E-state index contributed by atoms with van der Waals surface area (Å²) in [6.45, 7) is -0.0292. The SMILES string of the molecule is CC1(C(=O)N2C[C@H](S(=O)(=O)c3ccc(OCC(F)(F)F)cc3Cl)C[C@@H]2OC(=O)NC2(C#N)CC2)COC1. The number of hydrogen-bond acceptors (Lipinski definition) is 8. The Labute approximate surface area is 215 Å². The smallest absolute Gasteiger partial charge is 0.422 e. The number of benzene rings is 1. The van der Waals surface area contributed by atoms with Gasteiger partial charge in [-0.25, -0.2) is 13.2 Å². The molecule has 0 bridgehead atoms. The van der Waals surface area contributed by atoms with Crippen LogP contribution < -0.4 is 10.1 Å². The molecule has 1 aliphatic carbocycles. The normalized spacial score (nSPS) is 23.9. The van der Waals surface area contributed by atoms with Crippen molar-refractivity contribution in [1.29, 1.82) is 5.26 Å². The standard InChI is InChI=1S/C22H23ClF3N3O7S/c1-20(10-34-11-20)18(30)29-8-14(7-17(29)36-19(31)28-21(9-27)4-5-21)37(32,33)16-3-2-13(6-15(16)23)35-12-22(24,25)26/h2-3,6,14,17H,4-5,7-8,10-12H2,1H3,(H,28,31)/t14-,17+/m1/s1. The van der Waals surface area contributed by atoms with Crippen molar-refractivity contribution >= 4 is 33.4 Å². The predicted octanol–water partition coefficient (Wildman–Crippen LogP) is 2.80. The van der Waals surface area contributed by atoms with E-state index in [4.69, 9.17) is 21.1 Å². The number of nitrogens with one attached hydrogen (secondary N) is 1. The lowest BCUT2D eigenvalue weighted by Gasteiger charge is -2.40. The monoisotopic (exact) mass is 565 g/mol. The molecular weight excluding hydrogens is 543 g/mol. The van der Waals surface area contributed by atoms with Gasteiger partial charge in [0.2, 0.25) is 5.91 Å². The summed E-state index contributed by atoms with van der Waals surface area (Å²) in [5.41, 5.74) is -1.95. The number of carbonyl (C=O) groups excluding carboxylic acids is 2. The molecule has 2 heterocycles. The molecule has 10 nitrogen and oxygen atoms in total. The minimum absolute atomic E-state index is 0.113. The van der Waals surface area contributed by atoms with E-state index in [2.05, 4.69) is 10.1 Å². The predicted molar refractivity (Wildman–Crippen MR) is 120 cm³/mol. The zero-order chi connectivity index (χ0) is 27.2.